The van der Waals surface area contributed by atoms with E-state index in [0.29, 0.717) is 36.8 Å². The molecule has 1 amide bonds. The highest BCUT2D eigenvalue weighted by molar-refractivity contribution is 6.33. The van der Waals surface area contributed by atoms with Gasteiger partial charge in [0.05, 0.1) is 22.9 Å². The molecule has 1 aromatic carbocycles. The van der Waals surface area contributed by atoms with Gasteiger partial charge in [0.15, 0.2) is 0 Å². The zero-order valence-corrected chi connectivity index (χ0v) is 15.5. The summed E-state index contributed by atoms with van der Waals surface area (Å²) in [4.78, 5) is 13.0. The summed E-state index contributed by atoms with van der Waals surface area (Å²) in [6, 6.07) is 3.93. The molecular formula is C18H22ClF3N2O3. The van der Waals surface area contributed by atoms with E-state index in [0.717, 1.165) is 25.7 Å². The third kappa shape index (κ3) is 5.19. The summed E-state index contributed by atoms with van der Waals surface area (Å²) in [6.07, 6.45) is -1.17. The van der Waals surface area contributed by atoms with Crippen LogP contribution in [0.2, 0.25) is 5.02 Å². The van der Waals surface area contributed by atoms with Crippen LogP contribution in [0.5, 0.6) is 5.75 Å². The number of carbonyl (C=O) groups excluding carboxylic acids is 1. The summed E-state index contributed by atoms with van der Waals surface area (Å²) in [5.41, 5.74) is 5.53. The number of alkyl halides is 3. The molecule has 2 N–H and O–H groups in total. The molecule has 3 rings (SSSR count). The molecule has 2 fully saturated rings. The van der Waals surface area contributed by atoms with Gasteiger partial charge in [0.2, 0.25) is 5.91 Å². The Hall–Kier alpha value is -1.67. The predicted molar refractivity (Wildman–Crippen MR) is 94.8 cm³/mol. The lowest BCUT2D eigenvalue weighted by molar-refractivity contribution is -0.274. The van der Waals surface area contributed by atoms with E-state index in [1.807, 2.05) is 4.90 Å². The van der Waals surface area contributed by atoms with E-state index < -0.39 is 6.36 Å². The number of ether oxygens (including phenoxy) is 2. The molecule has 1 spiro atoms. The standard InChI is InChI=1S/C18H22ClF3N2O3/c19-14-2-1-13(27-18(20,21)22)10-15(14)24-7-5-17(6-8-24)4-3-12(11-26-17)9-16(23)25/h1-2,10,12H,3-9,11H2,(H2,23,25). The molecule has 2 aliphatic rings. The third-order valence-electron chi connectivity index (χ3n) is 5.29. The van der Waals surface area contributed by atoms with Crippen LogP contribution in [-0.4, -0.2) is 37.6 Å². The number of halogens is 4. The lowest BCUT2D eigenvalue weighted by Gasteiger charge is -2.46. The van der Waals surface area contributed by atoms with Gasteiger partial charge in [-0.25, -0.2) is 0 Å². The van der Waals surface area contributed by atoms with E-state index in [9.17, 15) is 18.0 Å². The molecule has 1 unspecified atom stereocenters. The lowest BCUT2D eigenvalue weighted by Crippen LogP contribution is -2.49. The van der Waals surface area contributed by atoms with Gasteiger partial charge < -0.3 is 20.1 Å². The Bertz CT molecular complexity index is 681. The topological polar surface area (TPSA) is 64.8 Å². The first-order chi connectivity index (χ1) is 12.7. The van der Waals surface area contributed by atoms with E-state index in [2.05, 4.69) is 4.74 Å². The first-order valence-corrected chi connectivity index (χ1v) is 9.26. The van der Waals surface area contributed by atoms with Gasteiger partial charge in [-0.05, 0) is 43.7 Å². The van der Waals surface area contributed by atoms with Crippen LogP contribution in [0.4, 0.5) is 18.9 Å². The molecule has 150 valence electrons. The second-order valence-electron chi connectivity index (χ2n) is 7.22. The minimum absolute atomic E-state index is 0.164. The smallest absolute Gasteiger partial charge is 0.406 e. The monoisotopic (exact) mass is 406 g/mol. The molecule has 27 heavy (non-hydrogen) atoms. The lowest BCUT2D eigenvalue weighted by atomic mass is 9.81. The summed E-state index contributed by atoms with van der Waals surface area (Å²) >= 11 is 6.19. The number of nitrogens with zero attached hydrogens (tertiary/aromatic N) is 1. The van der Waals surface area contributed by atoms with Crippen molar-refractivity contribution in [2.45, 2.75) is 44.1 Å². The minimum Gasteiger partial charge on any atom is -0.406 e. The van der Waals surface area contributed by atoms with E-state index in [4.69, 9.17) is 22.1 Å². The molecule has 0 bridgehead atoms. The first kappa shape index (κ1) is 20.1. The van der Waals surface area contributed by atoms with Crippen LogP contribution in [0.3, 0.4) is 0 Å². The number of carbonyl (C=O) groups is 1. The van der Waals surface area contributed by atoms with Gasteiger partial charge in [-0.3, -0.25) is 4.79 Å². The fraction of sp³-hybridized carbons (Fsp3) is 0.611. The van der Waals surface area contributed by atoms with Crippen LogP contribution in [0.15, 0.2) is 18.2 Å². The van der Waals surface area contributed by atoms with Crippen LogP contribution in [0.25, 0.3) is 0 Å². The number of nitrogens with two attached hydrogens (primary N) is 1. The van der Waals surface area contributed by atoms with Crippen molar-refractivity contribution in [3.63, 3.8) is 0 Å². The van der Waals surface area contributed by atoms with Gasteiger partial charge in [0, 0.05) is 25.6 Å². The fourth-order valence-electron chi connectivity index (χ4n) is 3.84. The highest BCUT2D eigenvalue weighted by atomic mass is 35.5. The average Bonchev–Trinajstić information content (AvgIpc) is 2.58. The minimum atomic E-state index is -4.74. The molecule has 0 aromatic heterocycles. The summed E-state index contributed by atoms with van der Waals surface area (Å²) < 4.78 is 47.4. The molecule has 2 heterocycles. The highest BCUT2D eigenvalue weighted by Crippen LogP contribution is 2.40. The molecular weight excluding hydrogens is 385 g/mol. The Balaban J connectivity index is 1.61. The Kier molecular flexibility index (Phi) is 5.76. The third-order valence-corrected chi connectivity index (χ3v) is 5.61. The molecule has 1 aromatic rings. The van der Waals surface area contributed by atoms with Crippen LogP contribution in [-0.2, 0) is 9.53 Å². The van der Waals surface area contributed by atoms with Crippen molar-refractivity contribution >= 4 is 23.2 Å². The van der Waals surface area contributed by atoms with Crippen molar-refractivity contribution in [2.75, 3.05) is 24.6 Å². The van der Waals surface area contributed by atoms with Crippen molar-refractivity contribution in [2.24, 2.45) is 11.7 Å². The van der Waals surface area contributed by atoms with Gasteiger partial charge in [-0.1, -0.05) is 11.6 Å². The largest absolute Gasteiger partial charge is 0.573 e. The molecule has 2 aliphatic heterocycles. The highest BCUT2D eigenvalue weighted by Gasteiger charge is 2.40. The maximum Gasteiger partial charge on any atom is 0.573 e. The molecule has 2 saturated heterocycles. The van der Waals surface area contributed by atoms with Crippen LogP contribution in [0, 0.1) is 5.92 Å². The Labute approximate surface area is 160 Å². The van der Waals surface area contributed by atoms with Crippen molar-refractivity contribution in [1.29, 1.82) is 0 Å². The van der Waals surface area contributed by atoms with Gasteiger partial charge in [0.1, 0.15) is 5.75 Å². The summed E-state index contributed by atoms with van der Waals surface area (Å²) in [5.74, 6) is -0.438. The maximum atomic E-state index is 12.5. The van der Waals surface area contributed by atoms with E-state index >= 15 is 0 Å². The number of amides is 1. The Morgan fingerprint density at radius 2 is 2.04 bits per heavy atom. The van der Waals surface area contributed by atoms with Crippen molar-refractivity contribution in [1.82, 2.24) is 0 Å². The van der Waals surface area contributed by atoms with Gasteiger partial charge >= 0.3 is 6.36 Å². The number of hydrogen-bond donors (Lipinski definition) is 1. The summed E-state index contributed by atoms with van der Waals surface area (Å²) in [5, 5.41) is 0.381. The Morgan fingerprint density at radius 1 is 1.33 bits per heavy atom. The predicted octanol–water partition coefficient (Wildman–Crippen LogP) is 3.88. The average molecular weight is 407 g/mol. The zero-order valence-electron chi connectivity index (χ0n) is 14.7. The van der Waals surface area contributed by atoms with Crippen LogP contribution >= 0.6 is 11.6 Å². The number of benzene rings is 1. The maximum absolute atomic E-state index is 12.5. The second kappa shape index (κ2) is 7.75. The number of piperidine rings is 1. The molecule has 0 saturated carbocycles. The number of hydrogen-bond acceptors (Lipinski definition) is 4. The fourth-order valence-corrected chi connectivity index (χ4v) is 4.08. The van der Waals surface area contributed by atoms with Gasteiger partial charge in [-0.15, -0.1) is 13.2 Å². The van der Waals surface area contributed by atoms with Gasteiger partial charge in [0.25, 0.3) is 0 Å². The van der Waals surface area contributed by atoms with E-state index in [-0.39, 0.29) is 23.2 Å². The molecule has 0 aliphatic carbocycles. The van der Waals surface area contributed by atoms with E-state index in [1.165, 1.54) is 18.2 Å². The van der Waals surface area contributed by atoms with Crippen LogP contribution in [0.1, 0.15) is 32.1 Å². The second-order valence-corrected chi connectivity index (χ2v) is 7.62. The first-order valence-electron chi connectivity index (χ1n) is 8.88. The quantitative estimate of drug-likeness (QED) is 0.824. The normalized spacial score (nSPS) is 22.7. The van der Waals surface area contributed by atoms with Crippen LogP contribution < -0.4 is 15.4 Å². The van der Waals surface area contributed by atoms with Crippen molar-refractivity contribution in [3.05, 3.63) is 23.2 Å². The van der Waals surface area contributed by atoms with E-state index in [1.54, 1.807) is 0 Å². The van der Waals surface area contributed by atoms with Crippen molar-refractivity contribution < 1.29 is 27.4 Å². The SMILES string of the molecule is NC(=O)CC1CCC2(CCN(c3cc(OC(F)(F)F)ccc3Cl)CC2)OC1. The molecule has 9 heteroatoms. The number of anilines is 1. The molecule has 1 atom stereocenters. The summed E-state index contributed by atoms with van der Waals surface area (Å²) in [6.45, 7) is 1.75. The molecule has 0 radical (unpaired) electrons. The number of rotatable bonds is 4. The molecule has 5 nitrogen and oxygen atoms in total. The zero-order chi connectivity index (χ0) is 19.7. The van der Waals surface area contributed by atoms with Gasteiger partial charge in [-0.2, -0.15) is 0 Å². The van der Waals surface area contributed by atoms with Crippen molar-refractivity contribution in [3.8, 4) is 5.75 Å². The summed E-state index contributed by atoms with van der Waals surface area (Å²) in [7, 11) is 0. The number of primary amides is 1. The Morgan fingerprint density at radius 3 is 2.59 bits per heavy atom.